The van der Waals surface area contributed by atoms with Crippen LogP contribution in [0.5, 0.6) is 0 Å². The van der Waals surface area contributed by atoms with E-state index < -0.39 is 0 Å². The van der Waals surface area contributed by atoms with E-state index in [4.69, 9.17) is 0 Å². The van der Waals surface area contributed by atoms with E-state index in [0.717, 1.165) is 29.3 Å². The summed E-state index contributed by atoms with van der Waals surface area (Å²) in [5.41, 5.74) is 0.804. The van der Waals surface area contributed by atoms with Crippen LogP contribution in [0.15, 0.2) is 47.6 Å². The van der Waals surface area contributed by atoms with E-state index in [1.807, 2.05) is 48.7 Å². The lowest BCUT2D eigenvalue weighted by molar-refractivity contribution is 0.224. The molecule has 2 rings (SSSR count). The van der Waals surface area contributed by atoms with Crippen LogP contribution >= 0.6 is 0 Å². The molecule has 2 aromatic rings. The fourth-order valence-corrected chi connectivity index (χ4v) is 2.43. The summed E-state index contributed by atoms with van der Waals surface area (Å²) in [5.74, 6) is 0. The maximum Gasteiger partial charge on any atom is 0.341 e. The van der Waals surface area contributed by atoms with Gasteiger partial charge in [0.05, 0.1) is 5.69 Å². The maximum atomic E-state index is 12.2. The predicted octanol–water partition coefficient (Wildman–Crippen LogP) is 5.26. The number of carbonyl (C=O) groups is 1. The number of benzene rings is 2. The third-order valence-corrected chi connectivity index (χ3v) is 3.77. The molecule has 1 N–H and O–H groups in total. The highest BCUT2D eigenvalue weighted by Crippen LogP contribution is 2.23. The molecule has 0 aliphatic heterocycles. The minimum atomic E-state index is -0.230. The standard InChI is InChI=1S/C19H25N3O/c1-3-4-5-6-9-15-20-22(2)19(23)21-18-14-10-12-16-11-7-8-13-17(16)18/h7-8,10-15H,3-6,9H2,1-2H3,(H,21,23). The van der Waals surface area contributed by atoms with Crippen molar-refractivity contribution in [2.45, 2.75) is 39.0 Å². The molecule has 0 radical (unpaired) electrons. The summed E-state index contributed by atoms with van der Waals surface area (Å²) in [5, 5.41) is 10.6. The first kappa shape index (κ1) is 17.0. The summed E-state index contributed by atoms with van der Waals surface area (Å²) in [7, 11) is 1.67. The average Bonchev–Trinajstić information content (AvgIpc) is 2.58. The SMILES string of the molecule is CCCCCCC=NN(C)C(=O)Nc1cccc2ccccc12. The van der Waals surface area contributed by atoms with Crippen molar-refractivity contribution in [2.24, 2.45) is 5.10 Å². The first-order chi connectivity index (χ1) is 11.2. The molecule has 0 aromatic heterocycles. The highest BCUT2D eigenvalue weighted by molar-refractivity contribution is 6.01. The van der Waals surface area contributed by atoms with Gasteiger partial charge in [-0.05, 0) is 24.3 Å². The van der Waals surface area contributed by atoms with Crippen LogP contribution in [0, 0.1) is 0 Å². The number of unbranched alkanes of at least 4 members (excludes halogenated alkanes) is 4. The Morgan fingerprint density at radius 2 is 1.91 bits per heavy atom. The third kappa shape index (κ3) is 5.09. The summed E-state index contributed by atoms with van der Waals surface area (Å²) in [6.07, 6.45) is 7.55. The summed E-state index contributed by atoms with van der Waals surface area (Å²) in [4.78, 5) is 12.2. The van der Waals surface area contributed by atoms with Gasteiger partial charge in [0.2, 0.25) is 0 Å². The van der Waals surface area contributed by atoms with Crippen LogP contribution in [0.1, 0.15) is 39.0 Å². The molecule has 4 heteroatoms. The van der Waals surface area contributed by atoms with Gasteiger partial charge in [0.1, 0.15) is 0 Å². The zero-order valence-corrected chi connectivity index (χ0v) is 14.0. The van der Waals surface area contributed by atoms with Crippen molar-refractivity contribution in [1.29, 1.82) is 0 Å². The molecule has 122 valence electrons. The largest absolute Gasteiger partial charge is 0.341 e. The van der Waals surface area contributed by atoms with Gasteiger partial charge in [-0.3, -0.25) is 0 Å². The molecule has 0 bridgehead atoms. The number of nitrogens with one attached hydrogen (secondary N) is 1. The molecule has 2 amide bonds. The third-order valence-electron chi connectivity index (χ3n) is 3.77. The van der Waals surface area contributed by atoms with Crippen LogP contribution in [0.3, 0.4) is 0 Å². The predicted molar refractivity (Wildman–Crippen MR) is 98.0 cm³/mol. The lowest BCUT2D eigenvalue weighted by Crippen LogP contribution is -2.27. The van der Waals surface area contributed by atoms with Crippen LogP contribution < -0.4 is 5.32 Å². The molecular formula is C19H25N3O. The monoisotopic (exact) mass is 311 g/mol. The highest BCUT2D eigenvalue weighted by Gasteiger charge is 2.08. The number of rotatable bonds is 7. The van der Waals surface area contributed by atoms with Crippen LogP contribution in [-0.4, -0.2) is 24.3 Å². The van der Waals surface area contributed by atoms with Crippen LogP contribution in [-0.2, 0) is 0 Å². The lowest BCUT2D eigenvalue weighted by Gasteiger charge is -2.14. The van der Waals surface area contributed by atoms with Crippen molar-refractivity contribution in [3.8, 4) is 0 Å². The molecule has 0 heterocycles. The van der Waals surface area contributed by atoms with Crippen molar-refractivity contribution in [1.82, 2.24) is 5.01 Å². The van der Waals surface area contributed by atoms with Crippen molar-refractivity contribution in [3.63, 3.8) is 0 Å². The second-order valence-corrected chi connectivity index (χ2v) is 5.63. The summed E-state index contributed by atoms with van der Waals surface area (Å²) in [6.45, 7) is 2.19. The van der Waals surface area contributed by atoms with Crippen LogP contribution in [0.4, 0.5) is 10.5 Å². The summed E-state index contributed by atoms with van der Waals surface area (Å²) in [6, 6.07) is 13.6. The van der Waals surface area contributed by atoms with E-state index in [9.17, 15) is 4.79 Å². The Kier molecular flexibility index (Phi) is 6.60. The topological polar surface area (TPSA) is 44.7 Å². The zero-order chi connectivity index (χ0) is 16.5. The van der Waals surface area contributed by atoms with Crippen LogP contribution in [0.2, 0.25) is 0 Å². The number of urea groups is 1. The molecular weight excluding hydrogens is 286 g/mol. The van der Waals surface area contributed by atoms with Gasteiger partial charge in [0.25, 0.3) is 0 Å². The molecule has 23 heavy (non-hydrogen) atoms. The number of fused-ring (bicyclic) bond motifs is 1. The summed E-state index contributed by atoms with van der Waals surface area (Å²) >= 11 is 0. The van der Waals surface area contributed by atoms with Gasteiger partial charge in [0, 0.05) is 18.6 Å². The number of hydrogen-bond acceptors (Lipinski definition) is 2. The maximum absolute atomic E-state index is 12.2. The normalized spacial score (nSPS) is 11.0. The Bertz CT molecular complexity index is 661. The van der Waals surface area contributed by atoms with E-state index in [0.29, 0.717) is 0 Å². The molecule has 0 unspecified atom stereocenters. The minimum absolute atomic E-state index is 0.230. The second-order valence-electron chi connectivity index (χ2n) is 5.63. The van der Waals surface area contributed by atoms with Gasteiger partial charge < -0.3 is 5.32 Å². The van der Waals surface area contributed by atoms with E-state index in [-0.39, 0.29) is 6.03 Å². The number of carbonyl (C=O) groups excluding carboxylic acids is 1. The molecule has 0 fully saturated rings. The van der Waals surface area contributed by atoms with E-state index in [1.54, 1.807) is 7.05 Å². The molecule has 0 saturated heterocycles. The second kappa shape index (κ2) is 8.93. The molecule has 0 spiro atoms. The van der Waals surface area contributed by atoms with Crippen molar-refractivity contribution < 1.29 is 4.79 Å². The van der Waals surface area contributed by atoms with E-state index in [1.165, 1.54) is 24.3 Å². The van der Waals surface area contributed by atoms with Crippen molar-refractivity contribution >= 4 is 28.7 Å². The van der Waals surface area contributed by atoms with Gasteiger partial charge in [-0.2, -0.15) is 5.10 Å². The van der Waals surface area contributed by atoms with Crippen LogP contribution in [0.25, 0.3) is 10.8 Å². The smallest absolute Gasteiger partial charge is 0.306 e. The highest BCUT2D eigenvalue weighted by atomic mass is 16.2. The number of hydrogen-bond donors (Lipinski definition) is 1. The quantitative estimate of drug-likeness (QED) is 0.423. The Morgan fingerprint density at radius 3 is 2.74 bits per heavy atom. The van der Waals surface area contributed by atoms with Gasteiger partial charge in [-0.15, -0.1) is 0 Å². The Labute approximate surface area is 138 Å². The molecule has 0 saturated carbocycles. The Hall–Kier alpha value is -2.36. The number of amides is 2. The van der Waals surface area contributed by atoms with Gasteiger partial charge in [-0.25, -0.2) is 9.80 Å². The van der Waals surface area contributed by atoms with Crippen molar-refractivity contribution in [3.05, 3.63) is 42.5 Å². The number of anilines is 1. The zero-order valence-electron chi connectivity index (χ0n) is 14.0. The number of hydrazone groups is 1. The Morgan fingerprint density at radius 1 is 1.13 bits per heavy atom. The van der Waals surface area contributed by atoms with Crippen molar-refractivity contribution in [2.75, 3.05) is 12.4 Å². The molecule has 0 aliphatic rings. The first-order valence-electron chi connectivity index (χ1n) is 8.27. The van der Waals surface area contributed by atoms with E-state index in [2.05, 4.69) is 17.3 Å². The minimum Gasteiger partial charge on any atom is -0.306 e. The molecule has 4 nitrogen and oxygen atoms in total. The van der Waals surface area contributed by atoms with E-state index >= 15 is 0 Å². The molecule has 0 atom stereocenters. The Balaban J connectivity index is 1.91. The fraction of sp³-hybridized carbons (Fsp3) is 0.368. The summed E-state index contributed by atoms with van der Waals surface area (Å²) < 4.78 is 0. The lowest BCUT2D eigenvalue weighted by atomic mass is 10.1. The average molecular weight is 311 g/mol. The molecule has 0 aliphatic carbocycles. The van der Waals surface area contributed by atoms with Gasteiger partial charge in [0.15, 0.2) is 0 Å². The molecule has 2 aromatic carbocycles. The first-order valence-corrected chi connectivity index (χ1v) is 8.27. The van der Waals surface area contributed by atoms with Gasteiger partial charge in [-0.1, -0.05) is 62.6 Å². The van der Waals surface area contributed by atoms with Gasteiger partial charge >= 0.3 is 6.03 Å². The number of nitrogens with zero attached hydrogens (tertiary/aromatic N) is 2. The fourth-order valence-electron chi connectivity index (χ4n) is 2.43.